The molecule has 3 nitrogen and oxygen atoms in total. The van der Waals surface area contributed by atoms with E-state index >= 15 is 0 Å². The van der Waals surface area contributed by atoms with Gasteiger partial charge >= 0.3 is 0 Å². The van der Waals surface area contributed by atoms with Crippen LogP contribution in [0, 0.1) is 0 Å². The van der Waals surface area contributed by atoms with Crippen molar-refractivity contribution >= 4 is 0 Å². The van der Waals surface area contributed by atoms with Gasteiger partial charge in [-0.2, -0.15) is 0 Å². The van der Waals surface area contributed by atoms with Gasteiger partial charge in [-0.05, 0) is 37.0 Å². The van der Waals surface area contributed by atoms with E-state index in [2.05, 4.69) is 41.7 Å². The molecule has 1 aliphatic heterocycles. The predicted octanol–water partition coefficient (Wildman–Crippen LogP) is 3.67. The number of hydrogen-bond donors (Lipinski definition) is 1. The maximum absolute atomic E-state index is 5.82. The van der Waals surface area contributed by atoms with Gasteiger partial charge in [-0.3, -0.25) is 0 Å². The Balaban J connectivity index is 1.80. The third kappa shape index (κ3) is 4.12. The first-order valence-electron chi connectivity index (χ1n) is 8.51. The lowest BCUT2D eigenvalue weighted by Gasteiger charge is -2.24. The van der Waals surface area contributed by atoms with Crippen LogP contribution in [0.1, 0.15) is 18.9 Å². The second-order valence-electron chi connectivity index (χ2n) is 5.82. The number of hydrogen-bond acceptors (Lipinski definition) is 3. The van der Waals surface area contributed by atoms with Crippen LogP contribution in [-0.2, 0) is 11.2 Å². The van der Waals surface area contributed by atoms with Gasteiger partial charge in [0.15, 0.2) is 0 Å². The van der Waals surface area contributed by atoms with E-state index in [1.54, 1.807) is 0 Å². The average Bonchev–Trinajstić information content (AvgIpc) is 2.62. The molecule has 3 rings (SSSR count). The fraction of sp³-hybridized carbons (Fsp3) is 0.400. The highest BCUT2D eigenvalue weighted by Crippen LogP contribution is 2.33. The van der Waals surface area contributed by atoms with E-state index < -0.39 is 0 Å². The molecule has 122 valence electrons. The minimum atomic E-state index is 0.318. The largest absolute Gasteiger partial charge is 0.493 e. The third-order valence-electron chi connectivity index (χ3n) is 4.23. The molecule has 1 fully saturated rings. The molecule has 2 aromatic rings. The number of ether oxygens (including phenoxy) is 2. The van der Waals surface area contributed by atoms with Crippen molar-refractivity contribution in [3.05, 3.63) is 54.1 Å². The van der Waals surface area contributed by atoms with Gasteiger partial charge < -0.3 is 14.8 Å². The molecule has 0 aromatic heterocycles. The van der Waals surface area contributed by atoms with Crippen molar-refractivity contribution in [3.8, 4) is 16.9 Å². The molecule has 1 N–H and O–H groups in total. The lowest BCUT2D eigenvalue weighted by Crippen LogP contribution is -2.38. The summed E-state index contributed by atoms with van der Waals surface area (Å²) in [5.41, 5.74) is 3.79. The van der Waals surface area contributed by atoms with Gasteiger partial charge in [-0.15, -0.1) is 0 Å². The van der Waals surface area contributed by atoms with Crippen molar-refractivity contribution in [2.24, 2.45) is 0 Å². The molecule has 0 radical (unpaired) electrons. The van der Waals surface area contributed by atoms with Gasteiger partial charge in [0.25, 0.3) is 0 Å². The molecule has 23 heavy (non-hydrogen) atoms. The van der Waals surface area contributed by atoms with Crippen molar-refractivity contribution in [2.75, 3.05) is 26.3 Å². The van der Waals surface area contributed by atoms with Crippen LogP contribution in [0.25, 0.3) is 11.1 Å². The smallest absolute Gasteiger partial charge is 0.127 e. The SMILES string of the molecule is CCOc1ccccc1-c1ccccc1CCC1CNCCO1. The standard InChI is InChI=1S/C20H25NO2/c1-2-22-20-10-6-5-9-19(20)18-8-4-3-7-16(18)11-12-17-15-21-13-14-23-17/h3-10,17,21H,2,11-15H2,1H3. The van der Waals surface area contributed by atoms with Crippen LogP contribution in [0.2, 0.25) is 0 Å². The first-order chi connectivity index (χ1) is 11.4. The first-order valence-corrected chi connectivity index (χ1v) is 8.51. The summed E-state index contributed by atoms with van der Waals surface area (Å²) in [5.74, 6) is 0.957. The number of aryl methyl sites for hydroxylation is 1. The molecule has 2 aromatic carbocycles. The Kier molecular flexibility index (Phi) is 5.67. The summed E-state index contributed by atoms with van der Waals surface area (Å²) in [6.07, 6.45) is 2.38. The number of benzene rings is 2. The van der Waals surface area contributed by atoms with Crippen molar-refractivity contribution in [1.82, 2.24) is 5.32 Å². The van der Waals surface area contributed by atoms with Gasteiger partial charge in [0.2, 0.25) is 0 Å². The highest BCUT2D eigenvalue weighted by Gasteiger charge is 2.15. The van der Waals surface area contributed by atoms with Crippen LogP contribution in [0.5, 0.6) is 5.75 Å². The van der Waals surface area contributed by atoms with E-state index in [1.807, 2.05) is 19.1 Å². The van der Waals surface area contributed by atoms with E-state index in [-0.39, 0.29) is 0 Å². The van der Waals surface area contributed by atoms with Gasteiger partial charge in [-0.1, -0.05) is 42.5 Å². The van der Waals surface area contributed by atoms with Crippen LogP contribution < -0.4 is 10.1 Å². The first kappa shape index (κ1) is 16.0. The molecule has 1 saturated heterocycles. The fourth-order valence-corrected chi connectivity index (χ4v) is 3.09. The highest BCUT2D eigenvalue weighted by atomic mass is 16.5. The molecular weight excluding hydrogens is 286 g/mol. The Hall–Kier alpha value is -1.84. The third-order valence-corrected chi connectivity index (χ3v) is 4.23. The summed E-state index contributed by atoms with van der Waals surface area (Å²) in [7, 11) is 0. The zero-order valence-electron chi connectivity index (χ0n) is 13.8. The number of nitrogens with one attached hydrogen (secondary N) is 1. The molecule has 0 aliphatic carbocycles. The summed E-state index contributed by atoms with van der Waals surface area (Å²) >= 11 is 0. The van der Waals surface area contributed by atoms with Crippen LogP contribution in [0.4, 0.5) is 0 Å². The second kappa shape index (κ2) is 8.14. The average molecular weight is 311 g/mol. The second-order valence-corrected chi connectivity index (χ2v) is 5.82. The molecule has 3 heteroatoms. The lowest BCUT2D eigenvalue weighted by molar-refractivity contribution is 0.0238. The summed E-state index contributed by atoms with van der Waals surface area (Å²) in [4.78, 5) is 0. The summed E-state index contributed by atoms with van der Waals surface area (Å²) in [6, 6.07) is 16.9. The summed E-state index contributed by atoms with van der Waals surface area (Å²) < 4.78 is 11.6. The molecule has 0 spiro atoms. The van der Waals surface area contributed by atoms with Gasteiger partial charge in [-0.25, -0.2) is 0 Å². The number of rotatable bonds is 6. The number of morpholine rings is 1. The Morgan fingerprint density at radius 2 is 1.87 bits per heavy atom. The Morgan fingerprint density at radius 1 is 1.09 bits per heavy atom. The molecule has 0 bridgehead atoms. The molecule has 1 atom stereocenters. The zero-order chi connectivity index (χ0) is 15.9. The monoisotopic (exact) mass is 311 g/mol. The Labute approximate surface area is 138 Å². The van der Waals surface area contributed by atoms with Gasteiger partial charge in [0.05, 0.1) is 19.3 Å². The van der Waals surface area contributed by atoms with Crippen molar-refractivity contribution in [1.29, 1.82) is 0 Å². The van der Waals surface area contributed by atoms with E-state index in [4.69, 9.17) is 9.47 Å². The number of para-hydroxylation sites is 1. The van der Waals surface area contributed by atoms with Gasteiger partial charge in [0, 0.05) is 18.7 Å². The van der Waals surface area contributed by atoms with Crippen LogP contribution >= 0.6 is 0 Å². The van der Waals surface area contributed by atoms with E-state index in [9.17, 15) is 0 Å². The van der Waals surface area contributed by atoms with Gasteiger partial charge in [0.1, 0.15) is 5.75 Å². The Bertz CT molecular complexity index is 621. The molecular formula is C20H25NO2. The van der Waals surface area contributed by atoms with Crippen molar-refractivity contribution in [3.63, 3.8) is 0 Å². The fourth-order valence-electron chi connectivity index (χ4n) is 3.09. The summed E-state index contributed by atoms with van der Waals surface area (Å²) in [6.45, 7) is 5.45. The quantitative estimate of drug-likeness (QED) is 0.883. The molecule has 1 heterocycles. The van der Waals surface area contributed by atoms with E-state index in [0.717, 1.165) is 38.3 Å². The maximum atomic E-state index is 5.82. The van der Waals surface area contributed by atoms with Crippen molar-refractivity contribution in [2.45, 2.75) is 25.9 Å². The zero-order valence-corrected chi connectivity index (χ0v) is 13.8. The molecule has 1 unspecified atom stereocenters. The van der Waals surface area contributed by atoms with Crippen LogP contribution in [0.15, 0.2) is 48.5 Å². The van der Waals surface area contributed by atoms with E-state index in [0.29, 0.717) is 12.7 Å². The van der Waals surface area contributed by atoms with Crippen LogP contribution in [0.3, 0.4) is 0 Å². The summed E-state index contributed by atoms with van der Waals surface area (Å²) in [5, 5.41) is 3.40. The minimum Gasteiger partial charge on any atom is -0.493 e. The normalized spacial score (nSPS) is 17.9. The lowest BCUT2D eigenvalue weighted by atomic mass is 9.95. The van der Waals surface area contributed by atoms with Crippen LogP contribution in [-0.4, -0.2) is 32.4 Å². The molecule has 0 amide bonds. The van der Waals surface area contributed by atoms with Crippen molar-refractivity contribution < 1.29 is 9.47 Å². The van der Waals surface area contributed by atoms with E-state index in [1.165, 1.54) is 16.7 Å². The Morgan fingerprint density at radius 3 is 2.65 bits per heavy atom. The topological polar surface area (TPSA) is 30.5 Å². The maximum Gasteiger partial charge on any atom is 0.127 e. The molecule has 0 saturated carbocycles. The highest BCUT2D eigenvalue weighted by molar-refractivity contribution is 5.73. The predicted molar refractivity (Wildman–Crippen MR) is 94.0 cm³/mol. The molecule has 1 aliphatic rings. The minimum absolute atomic E-state index is 0.318.